The minimum atomic E-state index is -1.20. The van der Waals surface area contributed by atoms with Gasteiger partial charge in [-0.25, -0.2) is 9.59 Å². The van der Waals surface area contributed by atoms with Gasteiger partial charge in [0.15, 0.2) is 0 Å². The normalized spacial score (nSPS) is 16.7. The smallest absolute Gasteiger partial charge is 0.407 e. The second-order valence-electron chi connectivity index (χ2n) is 9.32. The van der Waals surface area contributed by atoms with Crippen LogP contribution in [0, 0.1) is 11.8 Å². The summed E-state index contributed by atoms with van der Waals surface area (Å²) in [6.07, 6.45) is 2.23. The van der Waals surface area contributed by atoms with Crippen molar-refractivity contribution in [2.75, 3.05) is 6.54 Å². The second kappa shape index (κ2) is 13.3. The van der Waals surface area contributed by atoms with Crippen molar-refractivity contribution >= 4 is 18.0 Å². The van der Waals surface area contributed by atoms with Crippen LogP contribution in [0.25, 0.3) is 0 Å². The molecule has 198 valence electrons. The molecule has 0 unspecified atom stereocenters. The monoisotopic (exact) mass is 517 g/mol. The molecule has 3 aromatic rings. The molecule has 0 spiro atoms. The zero-order valence-corrected chi connectivity index (χ0v) is 21.0. The molecule has 3 aromatic carbocycles. The molecule has 4 rings (SSSR count). The Morgan fingerprint density at radius 1 is 0.816 bits per heavy atom. The predicted octanol–water partition coefficient (Wildman–Crippen LogP) is 5.60. The number of carbonyl (C=O) groups is 3. The van der Waals surface area contributed by atoms with Crippen molar-refractivity contribution in [3.63, 3.8) is 0 Å². The summed E-state index contributed by atoms with van der Waals surface area (Å²) >= 11 is 0. The minimum Gasteiger partial charge on any atom is -0.489 e. The molecule has 0 saturated heterocycles. The molecule has 8 nitrogen and oxygen atoms in total. The standard InChI is InChI=1S/C30H31NO7/c32-28(33)26-17-25(36-19-22-7-3-1-4-8-22)15-16-27(26)38-29(34)24-13-11-21(12-14-24)18-31-30(35)37-20-23-9-5-2-6-10-23/h1-10,15-17,21,24H,11-14,18-20H2,(H,31,35)(H,32,33). The highest BCUT2D eigenvalue weighted by Gasteiger charge is 2.29. The van der Waals surface area contributed by atoms with E-state index in [1.54, 1.807) is 6.07 Å². The Balaban J connectivity index is 1.22. The number of hydrogen-bond acceptors (Lipinski definition) is 6. The number of benzene rings is 3. The van der Waals surface area contributed by atoms with Crippen molar-refractivity contribution in [1.82, 2.24) is 5.32 Å². The zero-order chi connectivity index (χ0) is 26.7. The number of amides is 1. The number of ether oxygens (including phenoxy) is 3. The molecule has 0 atom stereocenters. The van der Waals surface area contributed by atoms with Crippen molar-refractivity contribution in [3.8, 4) is 11.5 Å². The molecule has 0 bridgehead atoms. The zero-order valence-electron chi connectivity index (χ0n) is 21.0. The number of rotatable bonds is 10. The highest BCUT2D eigenvalue weighted by Crippen LogP contribution is 2.31. The second-order valence-corrected chi connectivity index (χ2v) is 9.32. The number of carboxylic acid groups (broad SMARTS) is 1. The van der Waals surface area contributed by atoms with Gasteiger partial charge in [-0.15, -0.1) is 0 Å². The molecule has 0 heterocycles. The number of alkyl carbamates (subject to hydrolysis) is 1. The van der Waals surface area contributed by atoms with Crippen LogP contribution in [0.1, 0.15) is 47.2 Å². The van der Waals surface area contributed by atoms with Gasteiger partial charge in [0.1, 0.15) is 30.3 Å². The van der Waals surface area contributed by atoms with Crippen LogP contribution in [0.5, 0.6) is 11.5 Å². The molecular weight excluding hydrogens is 486 g/mol. The van der Waals surface area contributed by atoms with E-state index in [-0.39, 0.29) is 29.8 Å². The van der Waals surface area contributed by atoms with Crippen LogP contribution in [-0.2, 0) is 22.7 Å². The fourth-order valence-corrected chi connectivity index (χ4v) is 4.39. The van der Waals surface area contributed by atoms with Gasteiger partial charge in [0.05, 0.1) is 5.92 Å². The van der Waals surface area contributed by atoms with E-state index in [0.29, 0.717) is 31.7 Å². The lowest BCUT2D eigenvalue weighted by atomic mass is 9.82. The van der Waals surface area contributed by atoms with Crippen LogP contribution in [0.4, 0.5) is 4.79 Å². The molecule has 38 heavy (non-hydrogen) atoms. The summed E-state index contributed by atoms with van der Waals surface area (Å²) in [6, 6.07) is 23.4. The van der Waals surface area contributed by atoms with Gasteiger partial charge in [-0.3, -0.25) is 4.79 Å². The average Bonchev–Trinajstić information content (AvgIpc) is 2.95. The number of nitrogens with one attached hydrogen (secondary N) is 1. The highest BCUT2D eigenvalue weighted by molar-refractivity contribution is 5.92. The van der Waals surface area contributed by atoms with Crippen molar-refractivity contribution in [1.29, 1.82) is 0 Å². The first-order valence-corrected chi connectivity index (χ1v) is 12.7. The van der Waals surface area contributed by atoms with Gasteiger partial charge < -0.3 is 24.6 Å². The Bertz CT molecular complexity index is 1220. The summed E-state index contributed by atoms with van der Waals surface area (Å²) in [5, 5.41) is 12.4. The number of hydrogen-bond donors (Lipinski definition) is 2. The molecule has 1 fully saturated rings. The van der Waals surface area contributed by atoms with E-state index in [2.05, 4.69) is 5.32 Å². The van der Waals surface area contributed by atoms with Gasteiger partial charge in [0.25, 0.3) is 0 Å². The number of aromatic carboxylic acids is 1. The molecule has 0 aromatic heterocycles. The third-order valence-electron chi connectivity index (χ3n) is 6.57. The molecule has 1 aliphatic rings. The Morgan fingerprint density at radius 2 is 1.45 bits per heavy atom. The summed E-state index contributed by atoms with van der Waals surface area (Å²) in [6.45, 7) is 0.981. The third kappa shape index (κ3) is 7.83. The quantitative estimate of drug-likeness (QED) is 0.266. The molecule has 1 amide bonds. The summed E-state index contributed by atoms with van der Waals surface area (Å²) in [5.41, 5.74) is 1.74. The Labute approximate surface area is 221 Å². The van der Waals surface area contributed by atoms with Gasteiger partial charge >= 0.3 is 18.0 Å². The van der Waals surface area contributed by atoms with Crippen molar-refractivity contribution in [2.45, 2.75) is 38.9 Å². The van der Waals surface area contributed by atoms with E-state index in [0.717, 1.165) is 24.0 Å². The lowest BCUT2D eigenvalue weighted by molar-refractivity contribution is -0.140. The highest BCUT2D eigenvalue weighted by atomic mass is 16.5. The first kappa shape index (κ1) is 26.7. The maximum absolute atomic E-state index is 12.8. The van der Waals surface area contributed by atoms with Gasteiger partial charge in [-0.1, -0.05) is 60.7 Å². The molecule has 1 aliphatic carbocycles. The summed E-state index contributed by atoms with van der Waals surface area (Å²) in [5.74, 6) is -1.36. The van der Waals surface area contributed by atoms with Crippen molar-refractivity contribution < 1.29 is 33.7 Å². The summed E-state index contributed by atoms with van der Waals surface area (Å²) in [4.78, 5) is 36.6. The molecular formula is C30H31NO7. The van der Waals surface area contributed by atoms with E-state index in [9.17, 15) is 19.5 Å². The molecule has 2 N–H and O–H groups in total. The Hall–Kier alpha value is -4.33. The Morgan fingerprint density at radius 3 is 2.08 bits per heavy atom. The van der Waals surface area contributed by atoms with Crippen LogP contribution in [0.15, 0.2) is 78.9 Å². The van der Waals surface area contributed by atoms with Gasteiger partial charge in [0.2, 0.25) is 0 Å². The van der Waals surface area contributed by atoms with Crippen LogP contribution in [-0.4, -0.2) is 29.7 Å². The lowest BCUT2D eigenvalue weighted by Crippen LogP contribution is -2.33. The first-order valence-electron chi connectivity index (χ1n) is 12.7. The third-order valence-corrected chi connectivity index (χ3v) is 6.57. The fraction of sp³-hybridized carbons (Fsp3) is 0.300. The van der Waals surface area contributed by atoms with Crippen molar-refractivity contribution in [3.05, 3.63) is 95.6 Å². The van der Waals surface area contributed by atoms with Crippen LogP contribution >= 0.6 is 0 Å². The van der Waals surface area contributed by atoms with E-state index in [1.165, 1.54) is 12.1 Å². The molecule has 0 radical (unpaired) electrons. The van der Waals surface area contributed by atoms with Gasteiger partial charge in [0, 0.05) is 6.54 Å². The van der Waals surface area contributed by atoms with Crippen LogP contribution in [0.3, 0.4) is 0 Å². The summed E-state index contributed by atoms with van der Waals surface area (Å²) < 4.78 is 16.5. The van der Waals surface area contributed by atoms with E-state index in [4.69, 9.17) is 14.2 Å². The van der Waals surface area contributed by atoms with E-state index in [1.807, 2.05) is 60.7 Å². The maximum Gasteiger partial charge on any atom is 0.407 e. The van der Waals surface area contributed by atoms with Crippen LogP contribution in [0.2, 0.25) is 0 Å². The topological polar surface area (TPSA) is 111 Å². The average molecular weight is 518 g/mol. The first-order chi connectivity index (χ1) is 18.5. The summed E-state index contributed by atoms with van der Waals surface area (Å²) in [7, 11) is 0. The lowest BCUT2D eigenvalue weighted by Gasteiger charge is -2.27. The van der Waals surface area contributed by atoms with Crippen LogP contribution < -0.4 is 14.8 Å². The number of carboxylic acids is 1. The molecule has 1 saturated carbocycles. The predicted molar refractivity (Wildman–Crippen MR) is 140 cm³/mol. The SMILES string of the molecule is O=C(NCC1CCC(C(=O)Oc2ccc(OCc3ccccc3)cc2C(=O)O)CC1)OCc1ccccc1. The molecule has 0 aliphatic heterocycles. The van der Waals surface area contributed by atoms with E-state index < -0.39 is 18.0 Å². The van der Waals surface area contributed by atoms with Gasteiger partial charge in [-0.05, 0) is 60.9 Å². The van der Waals surface area contributed by atoms with E-state index >= 15 is 0 Å². The van der Waals surface area contributed by atoms with Crippen molar-refractivity contribution in [2.24, 2.45) is 11.8 Å². The number of esters is 1. The Kier molecular flexibility index (Phi) is 9.34. The molecule has 8 heteroatoms. The minimum absolute atomic E-state index is 0.000451. The maximum atomic E-state index is 12.8. The largest absolute Gasteiger partial charge is 0.489 e. The fourth-order valence-electron chi connectivity index (χ4n) is 4.39. The van der Waals surface area contributed by atoms with Gasteiger partial charge in [-0.2, -0.15) is 0 Å². The number of carbonyl (C=O) groups excluding carboxylic acids is 2.